The van der Waals surface area contributed by atoms with E-state index in [0.717, 1.165) is 10.1 Å². The molecule has 146 valence electrons. The first-order chi connectivity index (χ1) is 13.4. The number of nitrogens with two attached hydrogens (primary N) is 1. The van der Waals surface area contributed by atoms with Crippen molar-refractivity contribution >= 4 is 16.8 Å². The minimum absolute atomic E-state index is 0.208. The van der Waals surface area contributed by atoms with E-state index in [2.05, 4.69) is 24.1 Å². The van der Waals surface area contributed by atoms with Crippen molar-refractivity contribution in [3.05, 3.63) is 80.5 Å². The maximum absolute atomic E-state index is 12.5. The summed E-state index contributed by atoms with van der Waals surface area (Å²) in [7, 11) is 0. The van der Waals surface area contributed by atoms with Gasteiger partial charge in [0.15, 0.2) is 0 Å². The number of benzene rings is 2. The summed E-state index contributed by atoms with van der Waals surface area (Å²) < 4.78 is 0.890. The Morgan fingerprint density at radius 2 is 1.71 bits per heavy atom. The van der Waals surface area contributed by atoms with E-state index in [1.807, 2.05) is 24.3 Å². The molecule has 1 unspecified atom stereocenters. The predicted octanol–water partition coefficient (Wildman–Crippen LogP) is 1.63. The van der Waals surface area contributed by atoms with Gasteiger partial charge in [0.05, 0.1) is 10.9 Å². The third kappa shape index (κ3) is 4.20. The Morgan fingerprint density at radius 1 is 1.07 bits per heavy atom. The fourth-order valence-corrected chi connectivity index (χ4v) is 3.01. The van der Waals surface area contributed by atoms with Gasteiger partial charge in [-0.25, -0.2) is 4.79 Å². The zero-order valence-electron chi connectivity index (χ0n) is 15.9. The molecule has 0 aliphatic heterocycles. The van der Waals surface area contributed by atoms with Gasteiger partial charge in [0, 0.05) is 12.6 Å². The number of hydrogen-bond acceptors (Lipinski definition) is 4. The Labute approximate surface area is 162 Å². The highest BCUT2D eigenvalue weighted by atomic mass is 16.2. The number of rotatable bonds is 6. The van der Waals surface area contributed by atoms with Crippen molar-refractivity contribution < 1.29 is 4.79 Å². The fraction of sp³-hybridized carbons (Fsp3) is 0.286. The van der Waals surface area contributed by atoms with Gasteiger partial charge in [-0.15, -0.1) is 0 Å². The normalized spacial score (nSPS) is 12.3. The minimum atomic E-state index is -0.618. The van der Waals surface area contributed by atoms with Crippen LogP contribution in [0.3, 0.4) is 0 Å². The number of amides is 1. The smallest absolute Gasteiger partial charge is 0.329 e. The summed E-state index contributed by atoms with van der Waals surface area (Å²) in [6, 6.07) is 14.3. The second-order valence-corrected chi connectivity index (χ2v) is 7.10. The minimum Gasteiger partial charge on any atom is -0.353 e. The van der Waals surface area contributed by atoms with Crippen LogP contribution in [0.1, 0.15) is 36.9 Å². The second kappa shape index (κ2) is 8.22. The molecule has 1 aromatic heterocycles. The molecule has 0 saturated heterocycles. The van der Waals surface area contributed by atoms with Gasteiger partial charge < -0.3 is 16.0 Å². The summed E-state index contributed by atoms with van der Waals surface area (Å²) in [5.74, 6) is -0.0135. The SMILES string of the molecule is CC(C)c1ccc(C(N)CNC(=O)Cn2c(=O)[nH]c3ccccc3c2=O)cc1. The Balaban J connectivity index is 1.67. The maximum Gasteiger partial charge on any atom is 0.329 e. The summed E-state index contributed by atoms with van der Waals surface area (Å²) in [5.41, 5.74) is 7.60. The molecule has 1 atom stereocenters. The molecule has 0 spiro atoms. The van der Waals surface area contributed by atoms with Crippen molar-refractivity contribution in [3.8, 4) is 0 Å². The number of para-hydroxylation sites is 1. The van der Waals surface area contributed by atoms with Crippen molar-refractivity contribution in [1.82, 2.24) is 14.9 Å². The van der Waals surface area contributed by atoms with Crippen LogP contribution in [0.4, 0.5) is 0 Å². The first-order valence-corrected chi connectivity index (χ1v) is 9.21. The highest BCUT2D eigenvalue weighted by molar-refractivity contribution is 5.78. The summed E-state index contributed by atoms with van der Waals surface area (Å²) in [5, 5.41) is 3.05. The Bertz CT molecular complexity index is 1100. The van der Waals surface area contributed by atoms with E-state index in [4.69, 9.17) is 5.73 Å². The number of H-pyrrole nitrogens is 1. The number of carbonyl (C=O) groups is 1. The van der Waals surface area contributed by atoms with E-state index in [0.29, 0.717) is 16.8 Å². The molecule has 28 heavy (non-hydrogen) atoms. The number of fused-ring (bicyclic) bond motifs is 1. The van der Waals surface area contributed by atoms with Crippen LogP contribution in [0.5, 0.6) is 0 Å². The van der Waals surface area contributed by atoms with Crippen molar-refractivity contribution in [3.63, 3.8) is 0 Å². The lowest BCUT2D eigenvalue weighted by Gasteiger charge is -2.15. The van der Waals surface area contributed by atoms with Gasteiger partial charge in [0.2, 0.25) is 5.91 Å². The topological polar surface area (TPSA) is 110 Å². The lowest BCUT2D eigenvalue weighted by Crippen LogP contribution is -2.42. The van der Waals surface area contributed by atoms with Crippen LogP contribution in [0.15, 0.2) is 58.1 Å². The Hall–Kier alpha value is -3.19. The molecular weight excluding hydrogens is 356 g/mol. The number of aromatic amines is 1. The monoisotopic (exact) mass is 380 g/mol. The second-order valence-electron chi connectivity index (χ2n) is 7.10. The van der Waals surface area contributed by atoms with Crippen LogP contribution in [0, 0.1) is 0 Å². The lowest BCUT2D eigenvalue weighted by atomic mass is 9.99. The Morgan fingerprint density at radius 3 is 2.39 bits per heavy atom. The molecule has 0 bridgehead atoms. The molecule has 4 N–H and O–H groups in total. The third-order valence-electron chi connectivity index (χ3n) is 4.74. The van der Waals surface area contributed by atoms with Crippen molar-refractivity contribution in [2.45, 2.75) is 32.4 Å². The number of aromatic nitrogens is 2. The number of hydrogen-bond donors (Lipinski definition) is 3. The van der Waals surface area contributed by atoms with E-state index in [1.54, 1.807) is 24.3 Å². The summed E-state index contributed by atoms with van der Waals surface area (Å²) in [6.07, 6.45) is 0. The molecule has 0 radical (unpaired) electrons. The van der Waals surface area contributed by atoms with Crippen LogP contribution >= 0.6 is 0 Å². The lowest BCUT2D eigenvalue weighted by molar-refractivity contribution is -0.121. The summed E-state index contributed by atoms with van der Waals surface area (Å²) >= 11 is 0. The van der Waals surface area contributed by atoms with Crippen LogP contribution < -0.4 is 22.3 Å². The predicted molar refractivity (Wildman–Crippen MR) is 109 cm³/mol. The molecule has 2 aromatic carbocycles. The number of carbonyl (C=O) groups excluding carboxylic acids is 1. The van der Waals surface area contributed by atoms with E-state index >= 15 is 0 Å². The first kappa shape index (κ1) is 19.6. The fourth-order valence-electron chi connectivity index (χ4n) is 3.01. The van der Waals surface area contributed by atoms with Gasteiger partial charge in [0.25, 0.3) is 5.56 Å². The quantitative estimate of drug-likeness (QED) is 0.604. The van der Waals surface area contributed by atoms with Crippen LogP contribution in [-0.2, 0) is 11.3 Å². The zero-order valence-corrected chi connectivity index (χ0v) is 15.9. The zero-order chi connectivity index (χ0) is 20.3. The molecule has 3 rings (SSSR count). The van der Waals surface area contributed by atoms with Gasteiger partial charge in [-0.05, 0) is 29.2 Å². The van der Waals surface area contributed by atoms with E-state index in [-0.39, 0.29) is 19.1 Å². The molecule has 0 aliphatic rings. The maximum atomic E-state index is 12.5. The molecule has 1 heterocycles. The van der Waals surface area contributed by atoms with E-state index < -0.39 is 17.2 Å². The Kier molecular flexibility index (Phi) is 5.75. The van der Waals surface area contributed by atoms with Crippen LogP contribution in [0.25, 0.3) is 10.9 Å². The van der Waals surface area contributed by atoms with Gasteiger partial charge in [-0.2, -0.15) is 0 Å². The molecule has 7 nitrogen and oxygen atoms in total. The van der Waals surface area contributed by atoms with Crippen molar-refractivity contribution in [2.24, 2.45) is 5.73 Å². The standard InChI is InChI=1S/C21H24N4O3/c1-13(2)14-7-9-15(10-8-14)17(22)11-23-19(26)12-25-20(27)16-5-3-4-6-18(16)24-21(25)28/h3-10,13,17H,11-12,22H2,1-2H3,(H,23,26)(H,24,28). The molecule has 0 fully saturated rings. The summed E-state index contributed by atoms with van der Waals surface area (Å²) in [4.78, 5) is 39.5. The average Bonchev–Trinajstić information content (AvgIpc) is 2.69. The van der Waals surface area contributed by atoms with Gasteiger partial charge in [-0.3, -0.25) is 14.2 Å². The van der Waals surface area contributed by atoms with Gasteiger partial charge >= 0.3 is 5.69 Å². The number of nitrogens with zero attached hydrogens (tertiary/aromatic N) is 1. The largest absolute Gasteiger partial charge is 0.353 e. The summed E-state index contributed by atoms with van der Waals surface area (Å²) in [6.45, 7) is 4.08. The molecule has 3 aromatic rings. The first-order valence-electron chi connectivity index (χ1n) is 9.21. The van der Waals surface area contributed by atoms with E-state index in [9.17, 15) is 14.4 Å². The van der Waals surface area contributed by atoms with Crippen molar-refractivity contribution in [1.29, 1.82) is 0 Å². The molecule has 0 aliphatic carbocycles. The van der Waals surface area contributed by atoms with Crippen LogP contribution in [-0.4, -0.2) is 22.0 Å². The highest BCUT2D eigenvalue weighted by Gasteiger charge is 2.13. The van der Waals surface area contributed by atoms with Gasteiger partial charge in [0.1, 0.15) is 6.54 Å². The third-order valence-corrected chi connectivity index (χ3v) is 4.74. The van der Waals surface area contributed by atoms with Gasteiger partial charge in [-0.1, -0.05) is 50.2 Å². The van der Waals surface area contributed by atoms with Crippen LogP contribution in [0.2, 0.25) is 0 Å². The van der Waals surface area contributed by atoms with E-state index in [1.165, 1.54) is 5.56 Å². The number of nitrogens with one attached hydrogen (secondary N) is 2. The molecule has 0 saturated carbocycles. The van der Waals surface area contributed by atoms with Crippen molar-refractivity contribution in [2.75, 3.05) is 6.54 Å². The average molecular weight is 380 g/mol. The molecular formula is C21H24N4O3. The highest BCUT2D eigenvalue weighted by Crippen LogP contribution is 2.17. The molecule has 7 heteroatoms. The molecule has 1 amide bonds.